The van der Waals surface area contributed by atoms with Gasteiger partial charge in [-0.05, 0) is 31.7 Å². The Bertz CT molecular complexity index is 424. The van der Waals surface area contributed by atoms with Crippen molar-refractivity contribution in [3.8, 4) is 5.75 Å². The average Bonchev–Trinajstić information content (AvgIpc) is 2.49. The van der Waals surface area contributed by atoms with Crippen molar-refractivity contribution in [2.45, 2.75) is 20.3 Å². The van der Waals surface area contributed by atoms with Gasteiger partial charge in [0.1, 0.15) is 5.75 Å². The van der Waals surface area contributed by atoms with Crippen LogP contribution in [0.25, 0.3) is 0 Å². The van der Waals surface area contributed by atoms with Crippen LogP contribution < -0.4 is 15.4 Å². The van der Waals surface area contributed by atoms with E-state index in [4.69, 9.17) is 4.74 Å². The highest BCUT2D eigenvalue weighted by Gasteiger charge is 1.98. The molecule has 0 saturated carbocycles. The molecule has 0 aliphatic carbocycles. The van der Waals surface area contributed by atoms with Gasteiger partial charge in [-0.3, -0.25) is 4.99 Å². The lowest BCUT2D eigenvalue weighted by atomic mass is 10.2. The van der Waals surface area contributed by atoms with Crippen LogP contribution in [-0.4, -0.2) is 44.2 Å². The summed E-state index contributed by atoms with van der Waals surface area (Å²) in [6, 6.07) is 8.09. The summed E-state index contributed by atoms with van der Waals surface area (Å²) in [7, 11) is 0. The fraction of sp³-hybridized carbons (Fsp3) is 0.562. The molecular weight excluding hydrogens is 282 g/mol. The van der Waals surface area contributed by atoms with E-state index in [1.54, 1.807) is 0 Å². The Morgan fingerprint density at radius 3 is 2.81 bits per heavy atom. The van der Waals surface area contributed by atoms with Crippen LogP contribution in [0.15, 0.2) is 29.3 Å². The number of guanidine groups is 1. The molecule has 0 aromatic heterocycles. The lowest BCUT2D eigenvalue weighted by Gasteiger charge is -2.11. The molecule has 0 aliphatic rings. The SMILES string of the molecule is CCNC(=NCCCOc1ccccc1C)NCCSC. The zero-order chi connectivity index (χ0) is 15.3. The van der Waals surface area contributed by atoms with Crippen LogP contribution in [0, 0.1) is 6.92 Å². The summed E-state index contributed by atoms with van der Waals surface area (Å²) in [5.41, 5.74) is 1.17. The Labute approximate surface area is 132 Å². The van der Waals surface area contributed by atoms with Gasteiger partial charge in [-0.1, -0.05) is 18.2 Å². The van der Waals surface area contributed by atoms with Gasteiger partial charge in [0, 0.05) is 31.8 Å². The minimum atomic E-state index is 0.693. The van der Waals surface area contributed by atoms with Crippen molar-refractivity contribution in [2.24, 2.45) is 4.99 Å². The standard InChI is InChI=1S/C16H27N3OS/c1-4-17-16(19-11-13-21-3)18-10-7-12-20-15-9-6-5-8-14(15)2/h5-6,8-9H,4,7,10-13H2,1-3H3,(H2,17,18,19). The minimum absolute atomic E-state index is 0.693. The summed E-state index contributed by atoms with van der Waals surface area (Å²) in [6.45, 7) is 7.41. The van der Waals surface area contributed by atoms with E-state index in [0.29, 0.717) is 6.61 Å². The fourth-order valence-electron chi connectivity index (χ4n) is 1.77. The maximum Gasteiger partial charge on any atom is 0.191 e. The lowest BCUT2D eigenvalue weighted by Crippen LogP contribution is -2.38. The minimum Gasteiger partial charge on any atom is -0.493 e. The van der Waals surface area contributed by atoms with E-state index in [2.05, 4.69) is 41.8 Å². The number of rotatable bonds is 9. The molecule has 118 valence electrons. The molecule has 21 heavy (non-hydrogen) atoms. The number of nitrogens with zero attached hydrogens (tertiary/aromatic N) is 1. The number of hydrogen-bond acceptors (Lipinski definition) is 3. The Balaban J connectivity index is 2.25. The van der Waals surface area contributed by atoms with Gasteiger partial charge in [0.05, 0.1) is 6.61 Å². The van der Waals surface area contributed by atoms with E-state index in [1.807, 2.05) is 30.0 Å². The predicted molar refractivity (Wildman–Crippen MR) is 93.7 cm³/mol. The summed E-state index contributed by atoms with van der Waals surface area (Å²) in [6.07, 6.45) is 3.02. The van der Waals surface area contributed by atoms with Gasteiger partial charge in [-0.15, -0.1) is 0 Å². The molecule has 5 heteroatoms. The highest BCUT2D eigenvalue weighted by Crippen LogP contribution is 2.15. The van der Waals surface area contributed by atoms with Crippen LogP contribution in [0.4, 0.5) is 0 Å². The summed E-state index contributed by atoms with van der Waals surface area (Å²) in [4.78, 5) is 4.54. The molecule has 0 fully saturated rings. The predicted octanol–water partition coefficient (Wildman–Crippen LogP) is 2.68. The second-order valence-corrected chi connectivity index (χ2v) is 5.63. The van der Waals surface area contributed by atoms with Crippen LogP contribution in [0.1, 0.15) is 18.9 Å². The molecule has 0 heterocycles. The quantitative estimate of drug-likeness (QED) is 0.418. The van der Waals surface area contributed by atoms with Crippen molar-refractivity contribution < 1.29 is 4.74 Å². The highest BCUT2D eigenvalue weighted by atomic mass is 32.2. The molecule has 4 nitrogen and oxygen atoms in total. The molecule has 2 N–H and O–H groups in total. The van der Waals surface area contributed by atoms with Crippen LogP contribution in [0.5, 0.6) is 5.75 Å². The van der Waals surface area contributed by atoms with E-state index in [-0.39, 0.29) is 0 Å². The molecule has 0 atom stereocenters. The Morgan fingerprint density at radius 2 is 2.10 bits per heavy atom. The zero-order valence-corrected chi connectivity index (χ0v) is 14.1. The van der Waals surface area contributed by atoms with Gasteiger partial charge in [0.25, 0.3) is 0 Å². The third kappa shape index (κ3) is 7.85. The Hall–Kier alpha value is -1.36. The fourth-order valence-corrected chi connectivity index (χ4v) is 2.08. The van der Waals surface area contributed by atoms with Crippen molar-refractivity contribution in [2.75, 3.05) is 38.2 Å². The Morgan fingerprint density at radius 1 is 1.29 bits per heavy atom. The third-order valence-corrected chi connectivity index (χ3v) is 3.48. The van der Waals surface area contributed by atoms with Gasteiger partial charge >= 0.3 is 0 Å². The van der Waals surface area contributed by atoms with E-state index in [0.717, 1.165) is 43.5 Å². The maximum absolute atomic E-state index is 5.76. The van der Waals surface area contributed by atoms with Crippen LogP contribution in [0.3, 0.4) is 0 Å². The first kappa shape index (κ1) is 17.7. The summed E-state index contributed by atoms with van der Waals surface area (Å²) in [5.74, 6) is 2.94. The number of aliphatic imine (C=N–C) groups is 1. The summed E-state index contributed by atoms with van der Waals surface area (Å²) >= 11 is 1.83. The topological polar surface area (TPSA) is 45.7 Å². The van der Waals surface area contributed by atoms with E-state index in [1.165, 1.54) is 5.56 Å². The molecular formula is C16H27N3OS. The van der Waals surface area contributed by atoms with Crippen LogP contribution in [0.2, 0.25) is 0 Å². The van der Waals surface area contributed by atoms with Crippen molar-refractivity contribution >= 4 is 17.7 Å². The molecule has 0 unspecified atom stereocenters. The number of benzene rings is 1. The number of para-hydroxylation sites is 1. The maximum atomic E-state index is 5.76. The molecule has 0 spiro atoms. The first-order chi connectivity index (χ1) is 10.3. The highest BCUT2D eigenvalue weighted by molar-refractivity contribution is 7.98. The second kappa shape index (κ2) is 11.3. The van der Waals surface area contributed by atoms with Gasteiger partial charge in [-0.2, -0.15) is 11.8 Å². The first-order valence-corrected chi connectivity index (χ1v) is 8.86. The van der Waals surface area contributed by atoms with Crippen LogP contribution >= 0.6 is 11.8 Å². The van der Waals surface area contributed by atoms with Crippen molar-refractivity contribution in [3.05, 3.63) is 29.8 Å². The number of aryl methyl sites for hydroxylation is 1. The van der Waals surface area contributed by atoms with Crippen LogP contribution in [-0.2, 0) is 0 Å². The zero-order valence-electron chi connectivity index (χ0n) is 13.3. The van der Waals surface area contributed by atoms with Crippen molar-refractivity contribution in [1.29, 1.82) is 0 Å². The largest absolute Gasteiger partial charge is 0.493 e. The summed E-state index contributed by atoms with van der Waals surface area (Å²) < 4.78 is 5.76. The van der Waals surface area contributed by atoms with Gasteiger partial charge in [-0.25, -0.2) is 0 Å². The molecule has 0 saturated heterocycles. The average molecular weight is 309 g/mol. The third-order valence-electron chi connectivity index (χ3n) is 2.87. The summed E-state index contributed by atoms with van der Waals surface area (Å²) in [5, 5.41) is 6.56. The van der Waals surface area contributed by atoms with E-state index in [9.17, 15) is 0 Å². The van der Waals surface area contributed by atoms with Crippen molar-refractivity contribution in [3.63, 3.8) is 0 Å². The number of nitrogens with one attached hydrogen (secondary N) is 2. The molecule has 0 amide bonds. The van der Waals surface area contributed by atoms with Gasteiger partial charge in [0.15, 0.2) is 5.96 Å². The van der Waals surface area contributed by atoms with Gasteiger partial charge in [0.2, 0.25) is 0 Å². The first-order valence-electron chi connectivity index (χ1n) is 7.47. The van der Waals surface area contributed by atoms with E-state index >= 15 is 0 Å². The van der Waals surface area contributed by atoms with Crippen molar-refractivity contribution in [1.82, 2.24) is 10.6 Å². The number of ether oxygens (including phenoxy) is 1. The number of hydrogen-bond donors (Lipinski definition) is 2. The normalized spacial score (nSPS) is 11.3. The second-order valence-electron chi connectivity index (χ2n) is 4.65. The van der Waals surface area contributed by atoms with E-state index < -0.39 is 0 Å². The molecule has 1 aromatic carbocycles. The molecule has 1 aromatic rings. The van der Waals surface area contributed by atoms with Gasteiger partial charge < -0.3 is 15.4 Å². The molecule has 1 rings (SSSR count). The molecule has 0 bridgehead atoms. The monoisotopic (exact) mass is 309 g/mol. The lowest BCUT2D eigenvalue weighted by molar-refractivity contribution is 0.311. The number of thioether (sulfide) groups is 1. The molecule has 0 aliphatic heterocycles. The molecule has 0 radical (unpaired) electrons. The smallest absolute Gasteiger partial charge is 0.191 e. The Kier molecular flexibility index (Phi) is 9.53.